The predicted octanol–water partition coefficient (Wildman–Crippen LogP) is 3.63. The Morgan fingerprint density at radius 2 is 1.95 bits per heavy atom. The van der Waals surface area contributed by atoms with Crippen LogP contribution in [0.15, 0.2) is 36.5 Å². The van der Waals surface area contributed by atoms with Gasteiger partial charge in [-0.3, -0.25) is 9.78 Å². The van der Waals surface area contributed by atoms with E-state index >= 15 is 0 Å². The zero-order valence-corrected chi connectivity index (χ0v) is 12.5. The molecule has 0 bridgehead atoms. The first-order valence-corrected chi connectivity index (χ1v) is 7.30. The minimum absolute atomic E-state index is 0.0384. The SMILES string of the molecule is O=C(c1nccc2ccccc12)N(CCBr)CC(F)(F)F. The van der Waals surface area contributed by atoms with E-state index in [0.717, 1.165) is 10.3 Å². The van der Waals surface area contributed by atoms with E-state index in [1.165, 1.54) is 6.20 Å². The van der Waals surface area contributed by atoms with Crippen molar-refractivity contribution >= 4 is 32.6 Å². The number of hydrogen-bond acceptors (Lipinski definition) is 2. The summed E-state index contributed by atoms with van der Waals surface area (Å²) in [5.41, 5.74) is 0.0401. The highest BCUT2D eigenvalue weighted by Crippen LogP contribution is 2.21. The molecular weight excluding hydrogens is 349 g/mol. The second-order valence-corrected chi connectivity index (χ2v) is 5.20. The second-order valence-electron chi connectivity index (χ2n) is 4.41. The molecule has 0 saturated carbocycles. The van der Waals surface area contributed by atoms with Gasteiger partial charge in [0, 0.05) is 23.5 Å². The molecule has 0 saturated heterocycles. The van der Waals surface area contributed by atoms with Gasteiger partial charge >= 0.3 is 6.18 Å². The number of benzene rings is 1. The Hall–Kier alpha value is -1.63. The molecule has 2 aromatic rings. The van der Waals surface area contributed by atoms with Gasteiger partial charge in [0.05, 0.1) is 0 Å². The van der Waals surface area contributed by atoms with Gasteiger partial charge in [-0.15, -0.1) is 0 Å². The third kappa shape index (κ3) is 3.93. The molecule has 7 heteroatoms. The van der Waals surface area contributed by atoms with Crippen LogP contribution in [0.4, 0.5) is 13.2 Å². The average molecular weight is 361 g/mol. The first kappa shape index (κ1) is 15.8. The molecule has 0 aliphatic heterocycles. The molecule has 1 amide bonds. The van der Waals surface area contributed by atoms with Gasteiger partial charge in [-0.2, -0.15) is 13.2 Å². The lowest BCUT2D eigenvalue weighted by atomic mass is 10.1. The number of pyridine rings is 1. The number of nitrogens with zero attached hydrogens (tertiary/aromatic N) is 2. The number of halogens is 4. The molecule has 0 aliphatic rings. The summed E-state index contributed by atoms with van der Waals surface area (Å²) in [6.45, 7) is -1.33. The highest BCUT2D eigenvalue weighted by molar-refractivity contribution is 9.09. The van der Waals surface area contributed by atoms with Crippen LogP contribution in [-0.2, 0) is 0 Å². The molecule has 112 valence electrons. The van der Waals surface area contributed by atoms with Crippen molar-refractivity contribution in [3.63, 3.8) is 0 Å². The molecule has 21 heavy (non-hydrogen) atoms. The molecule has 0 atom stereocenters. The summed E-state index contributed by atoms with van der Waals surface area (Å²) in [4.78, 5) is 17.1. The van der Waals surface area contributed by atoms with Crippen molar-refractivity contribution in [2.24, 2.45) is 0 Å². The van der Waals surface area contributed by atoms with Crippen LogP contribution in [0.25, 0.3) is 10.8 Å². The Labute approximate surface area is 127 Å². The van der Waals surface area contributed by atoms with Crippen molar-refractivity contribution in [2.75, 3.05) is 18.4 Å². The van der Waals surface area contributed by atoms with Crippen LogP contribution in [0.5, 0.6) is 0 Å². The van der Waals surface area contributed by atoms with Crippen molar-refractivity contribution in [3.05, 3.63) is 42.2 Å². The first-order chi connectivity index (χ1) is 9.92. The number of amides is 1. The van der Waals surface area contributed by atoms with Gasteiger partial charge in [0.1, 0.15) is 12.2 Å². The zero-order chi connectivity index (χ0) is 15.5. The first-order valence-electron chi connectivity index (χ1n) is 6.18. The van der Waals surface area contributed by atoms with E-state index < -0.39 is 18.6 Å². The molecule has 1 aromatic heterocycles. The lowest BCUT2D eigenvalue weighted by molar-refractivity contribution is -0.140. The summed E-state index contributed by atoms with van der Waals surface area (Å²) in [5, 5.41) is 1.58. The van der Waals surface area contributed by atoms with Gasteiger partial charge in [0.15, 0.2) is 0 Å². The summed E-state index contributed by atoms with van der Waals surface area (Å²) < 4.78 is 37.8. The van der Waals surface area contributed by atoms with Crippen molar-refractivity contribution in [1.29, 1.82) is 0 Å². The topological polar surface area (TPSA) is 33.2 Å². The number of rotatable bonds is 4. The molecule has 1 heterocycles. The molecule has 0 spiro atoms. The zero-order valence-electron chi connectivity index (χ0n) is 10.9. The monoisotopic (exact) mass is 360 g/mol. The van der Waals surface area contributed by atoms with Crippen molar-refractivity contribution in [3.8, 4) is 0 Å². The number of alkyl halides is 4. The Morgan fingerprint density at radius 1 is 1.24 bits per heavy atom. The molecule has 1 aromatic carbocycles. The highest BCUT2D eigenvalue weighted by Gasteiger charge is 2.33. The molecule has 0 fully saturated rings. The van der Waals surface area contributed by atoms with Crippen LogP contribution in [0.2, 0.25) is 0 Å². The number of carbonyl (C=O) groups is 1. The van der Waals surface area contributed by atoms with Crippen LogP contribution < -0.4 is 0 Å². The summed E-state index contributed by atoms with van der Waals surface area (Å²) in [7, 11) is 0. The molecule has 2 rings (SSSR count). The van der Waals surface area contributed by atoms with E-state index in [2.05, 4.69) is 20.9 Å². The Morgan fingerprint density at radius 3 is 2.62 bits per heavy atom. The number of fused-ring (bicyclic) bond motifs is 1. The molecule has 0 aliphatic carbocycles. The average Bonchev–Trinajstić information content (AvgIpc) is 2.44. The number of hydrogen-bond donors (Lipinski definition) is 0. The lowest BCUT2D eigenvalue weighted by Gasteiger charge is -2.23. The Bertz CT molecular complexity index is 640. The molecule has 3 nitrogen and oxygen atoms in total. The van der Waals surface area contributed by atoms with E-state index in [1.807, 2.05) is 0 Å². The van der Waals surface area contributed by atoms with Gasteiger partial charge < -0.3 is 4.90 Å². The minimum atomic E-state index is -4.44. The fourth-order valence-electron chi connectivity index (χ4n) is 2.01. The van der Waals surface area contributed by atoms with Crippen LogP contribution >= 0.6 is 15.9 Å². The third-order valence-electron chi connectivity index (χ3n) is 2.89. The van der Waals surface area contributed by atoms with Gasteiger partial charge in [0.2, 0.25) is 0 Å². The summed E-state index contributed by atoms with van der Waals surface area (Å²) in [5.74, 6) is -0.719. The summed E-state index contributed by atoms with van der Waals surface area (Å²) >= 11 is 3.07. The predicted molar refractivity (Wildman–Crippen MR) is 77.5 cm³/mol. The van der Waals surface area contributed by atoms with E-state index in [-0.39, 0.29) is 17.6 Å². The standard InChI is InChI=1S/C14H12BrF3N2O/c15-6-8-20(9-14(16,17)18)13(21)12-11-4-2-1-3-10(11)5-7-19-12/h1-5,7H,6,8-9H2. The molecule has 0 radical (unpaired) electrons. The second kappa shape index (κ2) is 6.43. The Kier molecular flexibility index (Phi) is 4.82. The quantitative estimate of drug-likeness (QED) is 0.780. The van der Waals surface area contributed by atoms with Crippen molar-refractivity contribution in [1.82, 2.24) is 9.88 Å². The fraction of sp³-hybridized carbons (Fsp3) is 0.286. The van der Waals surface area contributed by atoms with Gasteiger partial charge in [-0.05, 0) is 11.5 Å². The summed E-state index contributed by atoms with van der Waals surface area (Å²) in [6.07, 6.45) is -3.02. The largest absolute Gasteiger partial charge is 0.406 e. The Balaban J connectivity index is 2.39. The number of carbonyl (C=O) groups excluding carboxylic acids is 1. The van der Waals surface area contributed by atoms with Crippen LogP contribution in [0.3, 0.4) is 0 Å². The van der Waals surface area contributed by atoms with Crippen molar-refractivity contribution < 1.29 is 18.0 Å². The normalized spacial score (nSPS) is 11.6. The van der Waals surface area contributed by atoms with Crippen LogP contribution in [-0.4, -0.2) is 40.4 Å². The maximum absolute atomic E-state index is 12.6. The number of aromatic nitrogens is 1. The van der Waals surface area contributed by atoms with E-state index in [4.69, 9.17) is 0 Å². The molecular formula is C14H12BrF3N2O. The van der Waals surface area contributed by atoms with E-state index in [0.29, 0.717) is 5.39 Å². The van der Waals surface area contributed by atoms with Crippen LogP contribution in [0, 0.1) is 0 Å². The maximum Gasteiger partial charge on any atom is 0.406 e. The fourth-order valence-corrected chi connectivity index (χ4v) is 2.44. The maximum atomic E-state index is 12.6. The lowest BCUT2D eigenvalue weighted by Crippen LogP contribution is -2.40. The molecule has 0 N–H and O–H groups in total. The van der Waals surface area contributed by atoms with E-state index in [1.54, 1.807) is 30.3 Å². The van der Waals surface area contributed by atoms with Crippen molar-refractivity contribution in [2.45, 2.75) is 6.18 Å². The van der Waals surface area contributed by atoms with Gasteiger partial charge in [0.25, 0.3) is 5.91 Å². The van der Waals surface area contributed by atoms with E-state index in [9.17, 15) is 18.0 Å². The highest BCUT2D eigenvalue weighted by atomic mass is 79.9. The third-order valence-corrected chi connectivity index (χ3v) is 3.24. The van der Waals surface area contributed by atoms with Gasteiger partial charge in [-0.25, -0.2) is 0 Å². The molecule has 0 unspecified atom stereocenters. The smallest absolute Gasteiger partial charge is 0.327 e. The van der Waals surface area contributed by atoms with Crippen LogP contribution in [0.1, 0.15) is 10.5 Å². The van der Waals surface area contributed by atoms with Gasteiger partial charge in [-0.1, -0.05) is 40.2 Å². The minimum Gasteiger partial charge on any atom is -0.327 e. The summed E-state index contributed by atoms with van der Waals surface area (Å²) in [6, 6.07) is 8.69.